The lowest BCUT2D eigenvalue weighted by Crippen LogP contribution is -2.36. The van der Waals surface area contributed by atoms with Crippen LogP contribution in [0.2, 0.25) is 0 Å². The second-order valence-corrected chi connectivity index (χ2v) is 5.22. The highest BCUT2D eigenvalue weighted by molar-refractivity contribution is 5.19. The van der Waals surface area contributed by atoms with Gasteiger partial charge in [-0.3, -0.25) is 0 Å². The van der Waals surface area contributed by atoms with Crippen LogP contribution in [0.5, 0.6) is 0 Å². The van der Waals surface area contributed by atoms with Gasteiger partial charge in [0.05, 0.1) is 0 Å². The molecule has 0 N–H and O–H groups in total. The zero-order valence-electron chi connectivity index (χ0n) is 10.5. The van der Waals surface area contributed by atoms with E-state index in [1.807, 2.05) is 0 Å². The van der Waals surface area contributed by atoms with E-state index < -0.39 is 0 Å². The van der Waals surface area contributed by atoms with E-state index in [1.165, 1.54) is 24.0 Å². The van der Waals surface area contributed by atoms with Crippen LogP contribution in [-0.4, -0.2) is 12.2 Å². The summed E-state index contributed by atoms with van der Waals surface area (Å²) in [6.45, 7) is 6.61. The van der Waals surface area contributed by atoms with Gasteiger partial charge in [-0.2, -0.15) is 0 Å². The van der Waals surface area contributed by atoms with Crippen LogP contribution < -0.4 is 0 Å². The molecule has 0 aromatic rings. The molecule has 1 fully saturated rings. The minimum absolute atomic E-state index is 0.214. The first-order valence-corrected chi connectivity index (χ1v) is 6.34. The van der Waals surface area contributed by atoms with Crippen molar-refractivity contribution in [2.24, 2.45) is 5.92 Å². The van der Waals surface area contributed by atoms with Crippen LogP contribution in [0, 0.1) is 5.92 Å². The van der Waals surface area contributed by atoms with E-state index in [9.17, 15) is 0 Å². The Morgan fingerprint density at radius 2 is 2.25 bits per heavy atom. The Labute approximate surface area is 98.2 Å². The van der Waals surface area contributed by atoms with Crippen molar-refractivity contribution >= 4 is 0 Å². The first kappa shape index (κ1) is 11.9. The number of rotatable bonds is 4. The van der Waals surface area contributed by atoms with Gasteiger partial charge >= 0.3 is 0 Å². The molecule has 0 amide bonds. The van der Waals surface area contributed by atoms with Gasteiger partial charge in [-0.25, -0.2) is 9.78 Å². The Bertz CT molecular complexity index is 292. The topological polar surface area (TPSA) is 18.5 Å². The van der Waals surface area contributed by atoms with Gasteiger partial charge in [-0.05, 0) is 51.0 Å². The van der Waals surface area contributed by atoms with Crippen molar-refractivity contribution in [3.8, 4) is 0 Å². The van der Waals surface area contributed by atoms with Gasteiger partial charge in [-0.1, -0.05) is 24.6 Å². The minimum Gasteiger partial charge on any atom is -0.229 e. The Kier molecular flexibility index (Phi) is 3.82. The largest absolute Gasteiger partial charge is 0.229 e. The molecule has 3 rings (SSSR count). The predicted octanol–water partition coefficient (Wildman–Crippen LogP) is 3.79. The molecular formula is C14H22O2. The lowest BCUT2D eigenvalue weighted by molar-refractivity contribution is -0.365. The van der Waals surface area contributed by atoms with E-state index in [2.05, 4.69) is 32.9 Å². The zero-order valence-corrected chi connectivity index (χ0v) is 10.5. The second kappa shape index (κ2) is 5.15. The Balaban J connectivity index is 1.90. The highest BCUT2D eigenvalue weighted by Crippen LogP contribution is 2.35. The van der Waals surface area contributed by atoms with Gasteiger partial charge < -0.3 is 0 Å². The molecule has 90 valence electrons. The van der Waals surface area contributed by atoms with Crippen molar-refractivity contribution in [1.82, 2.24) is 0 Å². The van der Waals surface area contributed by atoms with E-state index in [1.54, 1.807) is 0 Å². The van der Waals surface area contributed by atoms with Gasteiger partial charge in [0.1, 0.15) is 12.2 Å². The Hall–Kier alpha value is -0.600. The molecule has 0 saturated carbocycles. The molecule has 3 atom stereocenters. The van der Waals surface area contributed by atoms with E-state index in [0.29, 0.717) is 5.92 Å². The number of fused-ring (bicyclic) bond motifs is 2. The average molecular weight is 222 g/mol. The average Bonchev–Trinajstić information content (AvgIpc) is 2.30. The van der Waals surface area contributed by atoms with Crippen molar-refractivity contribution in [3.63, 3.8) is 0 Å². The van der Waals surface area contributed by atoms with Gasteiger partial charge in [0.15, 0.2) is 0 Å². The highest BCUT2D eigenvalue weighted by atomic mass is 17.2. The number of allylic oxidation sites excluding steroid dienone is 2. The van der Waals surface area contributed by atoms with Gasteiger partial charge in [0.25, 0.3) is 0 Å². The van der Waals surface area contributed by atoms with Crippen molar-refractivity contribution < 1.29 is 9.78 Å². The molecule has 0 aromatic carbocycles. The fourth-order valence-electron chi connectivity index (χ4n) is 2.48. The Morgan fingerprint density at radius 3 is 2.75 bits per heavy atom. The van der Waals surface area contributed by atoms with Crippen LogP contribution in [0.4, 0.5) is 0 Å². The van der Waals surface area contributed by atoms with Crippen LogP contribution in [-0.2, 0) is 9.78 Å². The molecule has 0 spiro atoms. The fourth-order valence-corrected chi connectivity index (χ4v) is 2.48. The first-order chi connectivity index (χ1) is 7.66. The van der Waals surface area contributed by atoms with Crippen LogP contribution >= 0.6 is 0 Å². The molecule has 2 nitrogen and oxygen atoms in total. The number of hydrogen-bond donors (Lipinski definition) is 0. The van der Waals surface area contributed by atoms with Crippen molar-refractivity contribution in [3.05, 3.63) is 23.3 Å². The van der Waals surface area contributed by atoms with Crippen LogP contribution in [0.25, 0.3) is 0 Å². The summed E-state index contributed by atoms with van der Waals surface area (Å²) in [5, 5.41) is 0. The molecule has 16 heavy (non-hydrogen) atoms. The molecule has 1 saturated heterocycles. The normalized spacial score (nSPS) is 29.8. The Morgan fingerprint density at radius 1 is 1.44 bits per heavy atom. The monoisotopic (exact) mass is 222 g/mol. The summed E-state index contributed by atoms with van der Waals surface area (Å²) in [4.78, 5) is 10.6. The highest BCUT2D eigenvalue weighted by Gasteiger charge is 2.33. The van der Waals surface area contributed by atoms with Gasteiger partial charge in [0.2, 0.25) is 0 Å². The third kappa shape index (κ3) is 2.74. The summed E-state index contributed by atoms with van der Waals surface area (Å²) in [5.74, 6) is 0.618. The molecule has 1 aliphatic carbocycles. The summed E-state index contributed by atoms with van der Waals surface area (Å²) < 4.78 is 0. The molecule has 2 heterocycles. The summed E-state index contributed by atoms with van der Waals surface area (Å²) in [7, 11) is 0. The standard InChI is InChI=1S/C14H22O2/c1-10(2)5-4-6-11(3)13-9-12-7-8-14(13)16-15-12/h5,9,11-12,14H,4,6-8H2,1-3H3. The van der Waals surface area contributed by atoms with Gasteiger partial charge in [-0.15, -0.1) is 0 Å². The van der Waals surface area contributed by atoms with Crippen LogP contribution in [0.15, 0.2) is 23.3 Å². The SMILES string of the molecule is CC(C)=CCCC(C)C1=CC2CCC1OO2. The molecule has 3 aliphatic rings. The zero-order chi connectivity index (χ0) is 11.5. The first-order valence-electron chi connectivity index (χ1n) is 6.34. The summed E-state index contributed by atoms with van der Waals surface area (Å²) in [6.07, 6.45) is 9.67. The fraction of sp³-hybridized carbons (Fsp3) is 0.714. The van der Waals surface area contributed by atoms with E-state index in [0.717, 1.165) is 12.8 Å². The van der Waals surface area contributed by atoms with E-state index >= 15 is 0 Å². The lowest BCUT2D eigenvalue weighted by Gasteiger charge is -2.36. The lowest BCUT2D eigenvalue weighted by atomic mass is 9.84. The molecule has 3 unspecified atom stereocenters. The molecule has 2 heteroatoms. The van der Waals surface area contributed by atoms with Crippen LogP contribution in [0.1, 0.15) is 46.5 Å². The molecule has 2 aliphatic heterocycles. The quantitative estimate of drug-likeness (QED) is 0.532. The third-order valence-electron chi connectivity index (χ3n) is 3.48. The molecule has 0 radical (unpaired) electrons. The third-order valence-corrected chi connectivity index (χ3v) is 3.48. The predicted molar refractivity (Wildman–Crippen MR) is 64.9 cm³/mol. The second-order valence-electron chi connectivity index (χ2n) is 5.22. The van der Waals surface area contributed by atoms with Crippen molar-refractivity contribution in [2.75, 3.05) is 0 Å². The minimum atomic E-state index is 0.214. The maximum atomic E-state index is 5.35. The summed E-state index contributed by atoms with van der Waals surface area (Å²) in [6, 6.07) is 0. The summed E-state index contributed by atoms with van der Waals surface area (Å²) in [5.41, 5.74) is 2.87. The van der Waals surface area contributed by atoms with Crippen molar-refractivity contribution in [2.45, 2.75) is 58.7 Å². The van der Waals surface area contributed by atoms with Crippen LogP contribution in [0.3, 0.4) is 0 Å². The van der Waals surface area contributed by atoms with E-state index in [4.69, 9.17) is 9.78 Å². The maximum absolute atomic E-state index is 5.35. The number of hydrogen-bond acceptors (Lipinski definition) is 2. The molecule has 2 bridgehead atoms. The van der Waals surface area contributed by atoms with Gasteiger partial charge in [0, 0.05) is 0 Å². The molecular weight excluding hydrogens is 200 g/mol. The summed E-state index contributed by atoms with van der Waals surface area (Å²) >= 11 is 0. The van der Waals surface area contributed by atoms with Crippen molar-refractivity contribution in [1.29, 1.82) is 0 Å². The van der Waals surface area contributed by atoms with E-state index in [-0.39, 0.29) is 12.2 Å². The maximum Gasteiger partial charge on any atom is 0.114 e. The smallest absolute Gasteiger partial charge is 0.114 e. The molecule has 0 aromatic heterocycles.